The number of nitrogens with zero attached hydrogens (tertiary/aromatic N) is 1. The highest BCUT2D eigenvalue weighted by atomic mass is 19.1. The molecule has 1 heterocycles. The van der Waals surface area contributed by atoms with Crippen LogP contribution in [0.25, 0.3) is 5.57 Å². The highest BCUT2D eigenvalue weighted by Gasteiger charge is 2.18. The summed E-state index contributed by atoms with van der Waals surface area (Å²) in [5.41, 5.74) is 13.3. The zero-order valence-electron chi connectivity index (χ0n) is 12.1. The molecule has 4 N–H and O–H groups in total. The Morgan fingerprint density at radius 3 is 2.57 bits per heavy atom. The maximum Gasteiger partial charge on any atom is 0.280 e. The number of guanidine groups is 1. The largest absolute Gasteiger partial charge is 0.489 e. The van der Waals surface area contributed by atoms with Crippen LogP contribution in [0.4, 0.5) is 4.39 Å². The molecule has 0 spiro atoms. The molecular formula is C17H14FN3O2. The van der Waals surface area contributed by atoms with Gasteiger partial charge in [-0.15, -0.1) is 0 Å². The van der Waals surface area contributed by atoms with E-state index in [9.17, 15) is 9.18 Å². The van der Waals surface area contributed by atoms with Crippen molar-refractivity contribution in [2.75, 3.05) is 6.61 Å². The first kappa shape index (κ1) is 14.8. The maximum atomic E-state index is 13.1. The number of hydrogen-bond donors (Lipinski definition) is 2. The highest BCUT2D eigenvalue weighted by molar-refractivity contribution is 6.03. The van der Waals surface area contributed by atoms with Gasteiger partial charge in [-0.2, -0.15) is 4.99 Å². The summed E-state index contributed by atoms with van der Waals surface area (Å²) in [5.74, 6) is -0.485. The van der Waals surface area contributed by atoms with E-state index >= 15 is 0 Å². The van der Waals surface area contributed by atoms with E-state index in [1.54, 1.807) is 30.3 Å². The third kappa shape index (κ3) is 3.06. The molecule has 1 amide bonds. The van der Waals surface area contributed by atoms with Crippen molar-refractivity contribution in [2.45, 2.75) is 0 Å². The SMILES string of the molecule is NC(N)=NC(=O)c1ccc2c(c1)C(c1ccc(F)cc1)=CCO2. The molecule has 0 saturated heterocycles. The molecule has 0 fully saturated rings. The number of hydrogen-bond acceptors (Lipinski definition) is 2. The normalized spacial score (nSPS) is 12.7. The number of nitrogens with two attached hydrogens (primary N) is 2. The fourth-order valence-corrected chi connectivity index (χ4v) is 2.41. The van der Waals surface area contributed by atoms with E-state index in [0.29, 0.717) is 17.9 Å². The first-order valence-corrected chi connectivity index (χ1v) is 6.92. The fourth-order valence-electron chi connectivity index (χ4n) is 2.41. The summed E-state index contributed by atoms with van der Waals surface area (Å²) in [6, 6.07) is 11.1. The Morgan fingerprint density at radius 1 is 1.13 bits per heavy atom. The second-order valence-corrected chi connectivity index (χ2v) is 4.99. The van der Waals surface area contributed by atoms with Crippen molar-refractivity contribution in [1.82, 2.24) is 0 Å². The van der Waals surface area contributed by atoms with Crippen LogP contribution in [0.2, 0.25) is 0 Å². The summed E-state index contributed by atoms with van der Waals surface area (Å²) in [4.78, 5) is 15.5. The van der Waals surface area contributed by atoms with Gasteiger partial charge in [-0.1, -0.05) is 12.1 Å². The van der Waals surface area contributed by atoms with Gasteiger partial charge in [0.1, 0.15) is 18.2 Å². The van der Waals surface area contributed by atoms with Crippen molar-refractivity contribution in [3.8, 4) is 5.75 Å². The lowest BCUT2D eigenvalue weighted by atomic mass is 9.94. The number of rotatable bonds is 2. The zero-order chi connectivity index (χ0) is 16.4. The van der Waals surface area contributed by atoms with Gasteiger partial charge in [0.05, 0.1) is 0 Å². The van der Waals surface area contributed by atoms with E-state index in [1.165, 1.54) is 12.1 Å². The lowest BCUT2D eigenvalue weighted by molar-refractivity contribution is 0.100. The minimum absolute atomic E-state index is 0.293. The van der Waals surface area contributed by atoms with E-state index < -0.39 is 5.91 Å². The van der Waals surface area contributed by atoms with Crippen molar-refractivity contribution in [3.05, 3.63) is 71.0 Å². The Bertz CT molecular complexity index is 822. The first-order chi connectivity index (χ1) is 11.0. The Kier molecular flexibility index (Phi) is 3.80. The molecule has 6 heteroatoms. The number of fused-ring (bicyclic) bond motifs is 1. The molecule has 1 aliphatic rings. The van der Waals surface area contributed by atoms with E-state index in [0.717, 1.165) is 16.7 Å². The smallest absolute Gasteiger partial charge is 0.280 e. The molecule has 3 rings (SSSR count). The number of carbonyl (C=O) groups is 1. The number of aliphatic imine (C=N–C) groups is 1. The Labute approximate surface area is 132 Å². The van der Waals surface area contributed by atoms with Gasteiger partial charge in [-0.3, -0.25) is 4.79 Å². The fraction of sp³-hybridized carbons (Fsp3) is 0.0588. The van der Waals surface area contributed by atoms with Gasteiger partial charge in [0, 0.05) is 11.1 Å². The van der Waals surface area contributed by atoms with Crippen molar-refractivity contribution in [1.29, 1.82) is 0 Å². The number of amides is 1. The van der Waals surface area contributed by atoms with Gasteiger partial charge in [0.15, 0.2) is 5.96 Å². The predicted octanol–water partition coefficient (Wildman–Crippen LogP) is 2.06. The average molecular weight is 311 g/mol. The van der Waals surface area contributed by atoms with Crippen molar-refractivity contribution in [2.24, 2.45) is 16.5 Å². The first-order valence-electron chi connectivity index (χ1n) is 6.92. The Hall–Kier alpha value is -3.15. The van der Waals surface area contributed by atoms with E-state index in [2.05, 4.69) is 4.99 Å². The Morgan fingerprint density at radius 2 is 1.87 bits per heavy atom. The zero-order valence-corrected chi connectivity index (χ0v) is 12.1. The van der Waals surface area contributed by atoms with Gasteiger partial charge < -0.3 is 16.2 Å². The number of halogens is 1. The lowest BCUT2D eigenvalue weighted by Gasteiger charge is -2.19. The summed E-state index contributed by atoms with van der Waals surface area (Å²) >= 11 is 0. The van der Waals surface area contributed by atoms with Crippen LogP contribution in [0.3, 0.4) is 0 Å². The second-order valence-electron chi connectivity index (χ2n) is 4.99. The van der Waals surface area contributed by atoms with Gasteiger partial charge in [-0.25, -0.2) is 4.39 Å². The summed E-state index contributed by atoms with van der Waals surface area (Å²) in [5, 5.41) is 0. The third-order valence-electron chi connectivity index (χ3n) is 3.43. The van der Waals surface area contributed by atoms with Crippen LogP contribution in [0.5, 0.6) is 5.75 Å². The molecule has 5 nitrogen and oxygen atoms in total. The second kappa shape index (κ2) is 5.92. The summed E-state index contributed by atoms with van der Waals surface area (Å²) < 4.78 is 18.7. The van der Waals surface area contributed by atoms with Crippen molar-refractivity contribution < 1.29 is 13.9 Å². The van der Waals surface area contributed by atoms with Gasteiger partial charge in [0.25, 0.3) is 5.91 Å². The molecule has 0 unspecified atom stereocenters. The molecule has 1 aliphatic heterocycles. The minimum atomic E-state index is -0.531. The highest BCUT2D eigenvalue weighted by Crippen LogP contribution is 2.35. The number of ether oxygens (including phenoxy) is 1. The van der Waals surface area contributed by atoms with Crippen LogP contribution in [-0.4, -0.2) is 18.5 Å². The quantitative estimate of drug-likeness (QED) is 0.656. The number of carbonyl (C=O) groups excluding carboxylic acids is 1. The van der Waals surface area contributed by atoms with E-state index in [1.807, 2.05) is 6.08 Å². The van der Waals surface area contributed by atoms with Crippen molar-refractivity contribution in [3.63, 3.8) is 0 Å². The van der Waals surface area contributed by atoms with E-state index in [4.69, 9.17) is 16.2 Å². The van der Waals surface area contributed by atoms with Crippen LogP contribution in [0.15, 0.2) is 53.5 Å². The van der Waals surface area contributed by atoms with Crippen molar-refractivity contribution >= 4 is 17.4 Å². The molecule has 0 atom stereocenters. The molecule has 116 valence electrons. The minimum Gasteiger partial charge on any atom is -0.489 e. The molecule has 2 aromatic rings. The molecule has 2 aromatic carbocycles. The van der Waals surface area contributed by atoms with Gasteiger partial charge in [0.2, 0.25) is 0 Å². The molecule has 0 aliphatic carbocycles. The van der Waals surface area contributed by atoms with Crippen LogP contribution >= 0.6 is 0 Å². The molecule has 0 aromatic heterocycles. The third-order valence-corrected chi connectivity index (χ3v) is 3.43. The average Bonchev–Trinajstić information content (AvgIpc) is 2.54. The Balaban J connectivity index is 2.05. The summed E-state index contributed by atoms with van der Waals surface area (Å²) in [6.07, 6.45) is 1.88. The molecule has 0 saturated carbocycles. The van der Waals surface area contributed by atoms with Gasteiger partial charge >= 0.3 is 0 Å². The van der Waals surface area contributed by atoms with Crippen LogP contribution < -0.4 is 16.2 Å². The monoisotopic (exact) mass is 311 g/mol. The lowest BCUT2D eigenvalue weighted by Crippen LogP contribution is -2.24. The summed E-state index contributed by atoms with van der Waals surface area (Å²) in [6.45, 7) is 0.404. The topological polar surface area (TPSA) is 90.7 Å². The number of benzene rings is 2. The molecular weight excluding hydrogens is 297 g/mol. The molecule has 0 bridgehead atoms. The molecule has 0 radical (unpaired) electrons. The summed E-state index contributed by atoms with van der Waals surface area (Å²) in [7, 11) is 0. The molecule has 23 heavy (non-hydrogen) atoms. The standard InChI is InChI=1S/C17H14FN3O2/c18-12-4-1-10(2-5-12)13-7-8-23-15-6-3-11(9-14(13)15)16(22)21-17(19)20/h1-7,9H,8H2,(H4,19,20,21,22). The van der Waals surface area contributed by atoms with Crippen LogP contribution in [-0.2, 0) is 0 Å². The van der Waals surface area contributed by atoms with E-state index in [-0.39, 0.29) is 11.8 Å². The van der Waals surface area contributed by atoms with Crippen LogP contribution in [0, 0.1) is 5.82 Å². The van der Waals surface area contributed by atoms with Gasteiger partial charge in [-0.05, 0) is 47.5 Å². The van der Waals surface area contributed by atoms with Crippen LogP contribution in [0.1, 0.15) is 21.5 Å². The predicted molar refractivity (Wildman–Crippen MR) is 85.6 cm³/mol. The maximum absolute atomic E-state index is 13.1.